The van der Waals surface area contributed by atoms with Crippen molar-refractivity contribution in [3.05, 3.63) is 24.0 Å². The van der Waals surface area contributed by atoms with Gasteiger partial charge < -0.3 is 5.32 Å². The summed E-state index contributed by atoms with van der Waals surface area (Å²) in [5.41, 5.74) is 2.22. The molecule has 1 N–H and O–H groups in total. The number of pyridine rings is 1. The second-order valence-corrected chi connectivity index (χ2v) is 7.03. The average Bonchev–Trinajstić information content (AvgIpc) is 2.86. The number of aromatic nitrogens is 1. The number of hydrogen-bond acceptors (Lipinski definition) is 3. The largest absolute Gasteiger partial charge is 0.379 e. The van der Waals surface area contributed by atoms with Crippen LogP contribution in [0.4, 0.5) is 5.69 Å². The van der Waals surface area contributed by atoms with Gasteiger partial charge in [0, 0.05) is 12.2 Å². The monoisotopic (exact) mass is 255 g/mol. The molecule has 3 heteroatoms. The third kappa shape index (κ3) is 1.74. The van der Waals surface area contributed by atoms with Gasteiger partial charge in [-0.3, -0.25) is 4.98 Å². The van der Waals surface area contributed by atoms with Gasteiger partial charge in [-0.05, 0) is 42.1 Å². The summed E-state index contributed by atoms with van der Waals surface area (Å²) < 4.78 is 0. The summed E-state index contributed by atoms with van der Waals surface area (Å²) >= 11 is 0. The number of rotatable bonds is 2. The van der Waals surface area contributed by atoms with Crippen molar-refractivity contribution in [2.24, 2.45) is 16.7 Å². The molecule has 2 aliphatic rings. The van der Waals surface area contributed by atoms with Crippen LogP contribution >= 0.6 is 0 Å². The molecule has 0 aliphatic heterocycles. The Bertz CT molecular complexity index is 538. The molecule has 2 saturated carbocycles. The molecule has 1 aromatic heterocycles. The molecule has 0 aromatic carbocycles. The van der Waals surface area contributed by atoms with Crippen molar-refractivity contribution in [2.75, 3.05) is 5.32 Å². The molecule has 100 valence electrons. The summed E-state index contributed by atoms with van der Waals surface area (Å²) in [6.45, 7) is 7.12. The Morgan fingerprint density at radius 3 is 2.84 bits per heavy atom. The van der Waals surface area contributed by atoms with E-state index in [1.165, 1.54) is 19.3 Å². The van der Waals surface area contributed by atoms with Crippen LogP contribution in [0.1, 0.15) is 45.6 Å². The van der Waals surface area contributed by atoms with Crippen LogP contribution in [-0.2, 0) is 0 Å². The molecule has 19 heavy (non-hydrogen) atoms. The molecule has 3 rings (SSSR count). The molecule has 0 amide bonds. The van der Waals surface area contributed by atoms with Crippen LogP contribution in [0.3, 0.4) is 0 Å². The lowest BCUT2D eigenvalue weighted by Gasteiger charge is -2.43. The van der Waals surface area contributed by atoms with E-state index < -0.39 is 0 Å². The van der Waals surface area contributed by atoms with E-state index >= 15 is 0 Å². The Hall–Kier alpha value is -1.56. The Morgan fingerprint density at radius 1 is 1.42 bits per heavy atom. The Labute approximate surface area is 115 Å². The van der Waals surface area contributed by atoms with E-state index in [9.17, 15) is 5.26 Å². The zero-order chi connectivity index (χ0) is 13.7. The quantitative estimate of drug-likeness (QED) is 0.878. The van der Waals surface area contributed by atoms with Gasteiger partial charge in [-0.15, -0.1) is 0 Å². The smallest absolute Gasteiger partial charge is 0.101 e. The number of nitrogens with one attached hydrogen (secondary N) is 1. The topological polar surface area (TPSA) is 48.7 Å². The molecule has 1 heterocycles. The maximum absolute atomic E-state index is 9.20. The zero-order valence-electron chi connectivity index (χ0n) is 11.9. The Morgan fingerprint density at radius 2 is 2.21 bits per heavy atom. The molecule has 2 bridgehead atoms. The Kier molecular flexibility index (Phi) is 2.60. The van der Waals surface area contributed by atoms with Crippen molar-refractivity contribution in [1.82, 2.24) is 4.98 Å². The number of nitrogens with zero attached hydrogens (tertiary/aromatic N) is 2. The fourth-order valence-corrected chi connectivity index (χ4v) is 4.42. The second-order valence-electron chi connectivity index (χ2n) is 7.03. The molecule has 3 unspecified atom stereocenters. The van der Waals surface area contributed by atoms with E-state index in [2.05, 4.69) is 37.1 Å². The van der Waals surface area contributed by atoms with Crippen molar-refractivity contribution in [3.8, 4) is 6.07 Å². The third-order valence-corrected chi connectivity index (χ3v) is 5.51. The van der Waals surface area contributed by atoms with Crippen LogP contribution < -0.4 is 5.32 Å². The summed E-state index contributed by atoms with van der Waals surface area (Å²) in [6, 6.07) is 4.46. The molecule has 2 aliphatic carbocycles. The molecule has 3 atom stereocenters. The molecular weight excluding hydrogens is 234 g/mol. The highest BCUT2D eigenvalue weighted by Crippen LogP contribution is 2.63. The van der Waals surface area contributed by atoms with E-state index in [4.69, 9.17) is 0 Å². The molecule has 3 nitrogen and oxygen atoms in total. The minimum atomic E-state index is 0.287. The fourth-order valence-electron chi connectivity index (χ4n) is 4.42. The lowest BCUT2D eigenvalue weighted by molar-refractivity contribution is 0.155. The average molecular weight is 255 g/mol. The number of anilines is 1. The highest BCUT2D eigenvalue weighted by atomic mass is 15.0. The van der Waals surface area contributed by atoms with Gasteiger partial charge in [0.05, 0.1) is 17.4 Å². The molecule has 0 saturated heterocycles. The minimum absolute atomic E-state index is 0.287. The van der Waals surface area contributed by atoms with Gasteiger partial charge in [0.2, 0.25) is 0 Å². The van der Waals surface area contributed by atoms with Crippen molar-refractivity contribution < 1.29 is 0 Å². The van der Waals surface area contributed by atoms with E-state index in [-0.39, 0.29) is 5.41 Å². The fraction of sp³-hybridized carbons (Fsp3) is 0.625. The molecule has 1 aromatic rings. The SMILES string of the molecule is CC12CCC(C1)C(C)(C)C2Nc1cnccc1C#N. The van der Waals surface area contributed by atoms with Gasteiger partial charge in [0.25, 0.3) is 0 Å². The summed E-state index contributed by atoms with van der Waals surface area (Å²) in [4.78, 5) is 4.15. The van der Waals surface area contributed by atoms with Crippen LogP contribution in [0.5, 0.6) is 0 Å². The molecular formula is C16H21N3. The maximum Gasteiger partial charge on any atom is 0.101 e. The normalized spacial score (nSPS) is 35.1. The van der Waals surface area contributed by atoms with Crippen LogP contribution in [0.25, 0.3) is 0 Å². The molecule has 0 radical (unpaired) electrons. The van der Waals surface area contributed by atoms with E-state index in [1.54, 1.807) is 18.5 Å². The highest BCUT2D eigenvalue weighted by Gasteiger charge is 2.59. The summed E-state index contributed by atoms with van der Waals surface area (Å²) in [7, 11) is 0. The third-order valence-electron chi connectivity index (χ3n) is 5.51. The predicted octanol–water partition coefficient (Wildman–Crippen LogP) is 3.58. The van der Waals surface area contributed by atoms with Crippen molar-refractivity contribution in [2.45, 2.75) is 46.1 Å². The number of hydrogen-bond donors (Lipinski definition) is 1. The van der Waals surface area contributed by atoms with Crippen molar-refractivity contribution in [3.63, 3.8) is 0 Å². The van der Waals surface area contributed by atoms with E-state index in [1.807, 2.05) is 0 Å². The van der Waals surface area contributed by atoms with Gasteiger partial charge in [-0.25, -0.2) is 0 Å². The first-order chi connectivity index (χ1) is 8.97. The van der Waals surface area contributed by atoms with Gasteiger partial charge in [0.1, 0.15) is 6.07 Å². The minimum Gasteiger partial charge on any atom is -0.379 e. The summed E-state index contributed by atoms with van der Waals surface area (Å²) in [5.74, 6) is 0.803. The first-order valence-electron chi connectivity index (χ1n) is 7.08. The molecule has 2 fully saturated rings. The number of nitriles is 1. The predicted molar refractivity (Wildman–Crippen MR) is 75.6 cm³/mol. The lowest BCUT2D eigenvalue weighted by atomic mass is 9.68. The summed E-state index contributed by atoms with van der Waals surface area (Å²) in [6.07, 6.45) is 7.40. The maximum atomic E-state index is 9.20. The van der Waals surface area contributed by atoms with Crippen LogP contribution in [0.2, 0.25) is 0 Å². The van der Waals surface area contributed by atoms with E-state index in [0.29, 0.717) is 17.0 Å². The summed E-state index contributed by atoms with van der Waals surface area (Å²) in [5, 5.41) is 12.8. The first kappa shape index (κ1) is 12.5. The van der Waals surface area contributed by atoms with Gasteiger partial charge in [0.15, 0.2) is 0 Å². The second kappa shape index (κ2) is 3.96. The highest BCUT2D eigenvalue weighted by molar-refractivity contribution is 5.56. The van der Waals surface area contributed by atoms with Crippen LogP contribution in [0, 0.1) is 28.1 Å². The van der Waals surface area contributed by atoms with Crippen LogP contribution in [-0.4, -0.2) is 11.0 Å². The standard InChI is InChI=1S/C16H21N3/c1-15(2)12-4-6-16(3,8-12)14(15)19-13-10-18-7-5-11(13)9-17/h5,7,10,12,14,19H,4,6,8H2,1-3H3. The molecule has 0 spiro atoms. The van der Waals surface area contributed by atoms with Crippen molar-refractivity contribution in [1.29, 1.82) is 5.26 Å². The van der Waals surface area contributed by atoms with Gasteiger partial charge >= 0.3 is 0 Å². The lowest BCUT2D eigenvalue weighted by Crippen LogP contribution is -2.45. The van der Waals surface area contributed by atoms with Crippen LogP contribution in [0.15, 0.2) is 18.5 Å². The van der Waals surface area contributed by atoms with Gasteiger partial charge in [-0.2, -0.15) is 5.26 Å². The van der Waals surface area contributed by atoms with Crippen molar-refractivity contribution >= 4 is 5.69 Å². The first-order valence-corrected chi connectivity index (χ1v) is 7.08. The zero-order valence-corrected chi connectivity index (χ0v) is 11.9. The Balaban J connectivity index is 1.93. The van der Waals surface area contributed by atoms with Gasteiger partial charge in [-0.1, -0.05) is 20.8 Å². The number of fused-ring (bicyclic) bond motifs is 2. The van der Waals surface area contributed by atoms with E-state index in [0.717, 1.165) is 11.6 Å².